The molecule has 0 aliphatic carbocycles. The van der Waals surface area contributed by atoms with Crippen LogP contribution in [-0.4, -0.2) is 50.3 Å². The Hall–Kier alpha value is -0.120. The Morgan fingerprint density at radius 1 is 1.40 bits per heavy atom. The van der Waals surface area contributed by atoms with E-state index >= 15 is 0 Å². The topological polar surface area (TPSA) is 24.5 Å². The summed E-state index contributed by atoms with van der Waals surface area (Å²) in [6.07, 6.45) is 1.14. The van der Waals surface area contributed by atoms with E-state index in [1.807, 2.05) is 0 Å². The third-order valence-corrected chi connectivity index (χ3v) is 3.40. The van der Waals surface area contributed by atoms with Crippen molar-refractivity contribution >= 4 is 0 Å². The molecule has 1 saturated heterocycles. The average Bonchev–Trinajstić information content (AvgIpc) is 2.26. The monoisotopic (exact) mass is 214 g/mol. The third-order valence-electron chi connectivity index (χ3n) is 3.40. The van der Waals surface area contributed by atoms with Crippen molar-refractivity contribution in [2.75, 3.05) is 33.4 Å². The van der Waals surface area contributed by atoms with Gasteiger partial charge in [0.05, 0.1) is 0 Å². The zero-order valence-electron chi connectivity index (χ0n) is 10.6. The fraction of sp³-hybridized carbons (Fsp3) is 1.00. The lowest BCUT2D eigenvalue weighted by molar-refractivity contribution is 0.103. The molecule has 1 fully saturated rings. The molecule has 0 aromatic heterocycles. The van der Waals surface area contributed by atoms with E-state index in [4.69, 9.17) is 4.74 Å². The van der Waals surface area contributed by atoms with Crippen LogP contribution in [0, 0.1) is 5.92 Å². The zero-order valence-corrected chi connectivity index (χ0v) is 10.6. The first-order chi connectivity index (χ1) is 7.15. The number of hydrogen-bond acceptors (Lipinski definition) is 3. The van der Waals surface area contributed by atoms with Gasteiger partial charge in [0.2, 0.25) is 0 Å². The number of methoxy groups -OCH3 is 1. The lowest BCUT2D eigenvalue weighted by Gasteiger charge is -2.39. The summed E-state index contributed by atoms with van der Waals surface area (Å²) in [6.45, 7) is 11.2. The van der Waals surface area contributed by atoms with Crippen LogP contribution >= 0.6 is 0 Å². The van der Waals surface area contributed by atoms with Gasteiger partial charge in [0.15, 0.2) is 0 Å². The van der Waals surface area contributed by atoms with Gasteiger partial charge < -0.3 is 10.1 Å². The summed E-state index contributed by atoms with van der Waals surface area (Å²) in [6, 6.07) is 1.30. The van der Waals surface area contributed by atoms with Crippen LogP contribution in [0.5, 0.6) is 0 Å². The van der Waals surface area contributed by atoms with Crippen LogP contribution in [-0.2, 0) is 4.74 Å². The van der Waals surface area contributed by atoms with Gasteiger partial charge in [-0.25, -0.2) is 0 Å². The molecule has 1 N–H and O–H groups in total. The largest absolute Gasteiger partial charge is 0.385 e. The van der Waals surface area contributed by atoms with E-state index in [0.717, 1.165) is 25.5 Å². The Balaban J connectivity index is 2.34. The van der Waals surface area contributed by atoms with Gasteiger partial charge in [-0.05, 0) is 19.3 Å². The van der Waals surface area contributed by atoms with Gasteiger partial charge in [-0.1, -0.05) is 13.8 Å². The SMILES string of the molecule is COCCC(C)N1CCNC(C(C)C)C1. The molecule has 1 aliphatic rings. The smallest absolute Gasteiger partial charge is 0.0477 e. The first-order valence-corrected chi connectivity index (χ1v) is 6.11. The molecule has 0 amide bonds. The number of piperazine rings is 1. The van der Waals surface area contributed by atoms with Gasteiger partial charge in [-0.2, -0.15) is 0 Å². The standard InChI is InChI=1S/C12H26N2O/c1-10(2)12-9-14(7-6-13-12)11(3)5-8-15-4/h10-13H,5-9H2,1-4H3. The lowest BCUT2D eigenvalue weighted by Crippen LogP contribution is -2.55. The van der Waals surface area contributed by atoms with Gasteiger partial charge in [0, 0.05) is 45.4 Å². The molecule has 1 rings (SSSR count). The molecule has 15 heavy (non-hydrogen) atoms. The van der Waals surface area contributed by atoms with Crippen LogP contribution < -0.4 is 5.32 Å². The van der Waals surface area contributed by atoms with Crippen molar-refractivity contribution in [3.8, 4) is 0 Å². The van der Waals surface area contributed by atoms with E-state index in [1.54, 1.807) is 7.11 Å². The average molecular weight is 214 g/mol. The maximum Gasteiger partial charge on any atom is 0.0477 e. The third kappa shape index (κ3) is 4.09. The van der Waals surface area contributed by atoms with Crippen LogP contribution in [0.1, 0.15) is 27.2 Å². The second kappa shape index (κ2) is 6.46. The minimum absolute atomic E-state index is 0.647. The highest BCUT2D eigenvalue weighted by molar-refractivity contribution is 4.83. The molecule has 0 radical (unpaired) electrons. The number of ether oxygens (including phenoxy) is 1. The Morgan fingerprint density at radius 2 is 2.13 bits per heavy atom. The Labute approximate surface area is 94.2 Å². The molecule has 2 unspecified atom stereocenters. The summed E-state index contributed by atoms with van der Waals surface area (Å²) >= 11 is 0. The van der Waals surface area contributed by atoms with Crippen molar-refractivity contribution in [1.82, 2.24) is 10.2 Å². The highest BCUT2D eigenvalue weighted by Gasteiger charge is 2.24. The van der Waals surface area contributed by atoms with Gasteiger partial charge >= 0.3 is 0 Å². The number of nitrogens with zero attached hydrogens (tertiary/aromatic N) is 1. The normalized spacial score (nSPS) is 25.8. The minimum Gasteiger partial charge on any atom is -0.385 e. The summed E-state index contributed by atoms with van der Waals surface area (Å²) < 4.78 is 5.14. The summed E-state index contributed by atoms with van der Waals surface area (Å²) in [5.74, 6) is 0.724. The number of rotatable bonds is 5. The predicted molar refractivity (Wildman–Crippen MR) is 64.2 cm³/mol. The fourth-order valence-electron chi connectivity index (χ4n) is 2.12. The van der Waals surface area contributed by atoms with Crippen molar-refractivity contribution in [3.05, 3.63) is 0 Å². The second-order valence-electron chi connectivity index (χ2n) is 4.93. The van der Waals surface area contributed by atoms with Crippen molar-refractivity contribution in [2.24, 2.45) is 5.92 Å². The van der Waals surface area contributed by atoms with E-state index < -0.39 is 0 Å². The maximum atomic E-state index is 5.14. The zero-order chi connectivity index (χ0) is 11.3. The Morgan fingerprint density at radius 3 is 2.73 bits per heavy atom. The highest BCUT2D eigenvalue weighted by Crippen LogP contribution is 2.12. The molecule has 2 atom stereocenters. The predicted octanol–water partition coefficient (Wildman–Crippen LogP) is 1.34. The number of hydrogen-bond donors (Lipinski definition) is 1. The van der Waals surface area contributed by atoms with Crippen molar-refractivity contribution in [3.63, 3.8) is 0 Å². The molecule has 0 saturated carbocycles. The molecule has 1 heterocycles. The highest BCUT2D eigenvalue weighted by atomic mass is 16.5. The van der Waals surface area contributed by atoms with E-state index in [1.165, 1.54) is 13.1 Å². The first kappa shape index (κ1) is 12.9. The van der Waals surface area contributed by atoms with E-state index in [9.17, 15) is 0 Å². The van der Waals surface area contributed by atoms with E-state index in [2.05, 4.69) is 31.0 Å². The first-order valence-electron chi connectivity index (χ1n) is 6.11. The van der Waals surface area contributed by atoms with E-state index in [-0.39, 0.29) is 0 Å². The van der Waals surface area contributed by atoms with Crippen LogP contribution in [0.2, 0.25) is 0 Å². The van der Waals surface area contributed by atoms with E-state index in [0.29, 0.717) is 12.1 Å². The van der Waals surface area contributed by atoms with Crippen LogP contribution in [0.4, 0.5) is 0 Å². The van der Waals surface area contributed by atoms with Crippen molar-refractivity contribution < 1.29 is 4.74 Å². The molecule has 90 valence electrons. The van der Waals surface area contributed by atoms with Gasteiger partial charge in [0.1, 0.15) is 0 Å². The molecule has 0 aromatic carbocycles. The maximum absolute atomic E-state index is 5.14. The molecular formula is C12H26N2O. The molecule has 1 aliphatic heterocycles. The van der Waals surface area contributed by atoms with Gasteiger partial charge in [-0.15, -0.1) is 0 Å². The Bertz CT molecular complexity index is 173. The summed E-state index contributed by atoms with van der Waals surface area (Å²) in [4.78, 5) is 2.58. The van der Waals surface area contributed by atoms with Crippen LogP contribution in [0.15, 0.2) is 0 Å². The summed E-state index contributed by atoms with van der Waals surface area (Å²) in [7, 11) is 1.78. The van der Waals surface area contributed by atoms with Crippen molar-refractivity contribution in [2.45, 2.75) is 39.3 Å². The van der Waals surface area contributed by atoms with Gasteiger partial charge in [0.25, 0.3) is 0 Å². The second-order valence-corrected chi connectivity index (χ2v) is 4.93. The molecular weight excluding hydrogens is 188 g/mol. The molecule has 0 aromatic rings. The van der Waals surface area contributed by atoms with Crippen LogP contribution in [0.25, 0.3) is 0 Å². The van der Waals surface area contributed by atoms with Gasteiger partial charge in [-0.3, -0.25) is 4.90 Å². The molecule has 3 heteroatoms. The molecule has 0 spiro atoms. The van der Waals surface area contributed by atoms with Crippen molar-refractivity contribution in [1.29, 1.82) is 0 Å². The Kier molecular flexibility index (Phi) is 5.58. The fourth-order valence-corrected chi connectivity index (χ4v) is 2.12. The number of nitrogens with one attached hydrogen (secondary N) is 1. The summed E-state index contributed by atoms with van der Waals surface area (Å²) in [5, 5.41) is 3.59. The van der Waals surface area contributed by atoms with Crippen LogP contribution in [0.3, 0.4) is 0 Å². The quantitative estimate of drug-likeness (QED) is 0.747. The lowest BCUT2D eigenvalue weighted by atomic mass is 10.0. The molecule has 3 nitrogen and oxygen atoms in total. The summed E-state index contributed by atoms with van der Waals surface area (Å²) in [5.41, 5.74) is 0. The molecule has 0 bridgehead atoms. The minimum atomic E-state index is 0.647.